The molecule has 0 amide bonds. The van der Waals surface area contributed by atoms with Gasteiger partial charge in [0, 0.05) is 17.3 Å². The van der Waals surface area contributed by atoms with Crippen LogP contribution in [0.4, 0.5) is 5.69 Å². The lowest BCUT2D eigenvalue weighted by Crippen LogP contribution is -2.01. The predicted octanol–water partition coefficient (Wildman–Crippen LogP) is 3.96. The Balaban J connectivity index is 1.65. The minimum Gasteiger partial charge on any atom is -0.478 e. The SMILES string of the molecule is Cc1ccc(-c2cc(CNc3ccc(C(=O)O)cc3)no2)cc1. The molecule has 5 heteroatoms. The number of aryl methyl sites for hydroxylation is 1. The van der Waals surface area contributed by atoms with Crippen molar-refractivity contribution >= 4 is 11.7 Å². The van der Waals surface area contributed by atoms with Crippen LogP contribution in [0.25, 0.3) is 11.3 Å². The topological polar surface area (TPSA) is 75.4 Å². The van der Waals surface area contributed by atoms with Gasteiger partial charge in [-0.05, 0) is 31.2 Å². The summed E-state index contributed by atoms with van der Waals surface area (Å²) < 4.78 is 5.36. The number of aromatic carboxylic acids is 1. The molecule has 3 rings (SSSR count). The van der Waals surface area contributed by atoms with Crippen molar-refractivity contribution in [1.29, 1.82) is 0 Å². The van der Waals surface area contributed by atoms with Crippen molar-refractivity contribution in [2.24, 2.45) is 0 Å². The van der Waals surface area contributed by atoms with Crippen LogP contribution in [0.5, 0.6) is 0 Å². The molecular weight excluding hydrogens is 292 g/mol. The molecule has 0 aliphatic rings. The average molecular weight is 308 g/mol. The number of anilines is 1. The summed E-state index contributed by atoms with van der Waals surface area (Å²) in [6.45, 7) is 2.54. The van der Waals surface area contributed by atoms with Gasteiger partial charge in [-0.2, -0.15) is 0 Å². The van der Waals surface area contributed by atoms with Crippen molar-refractivity contribution in [1.82, 2.24) is 5.16 Å². The molecule has 0 spiro atoms. The van der Waals surface area contributed by atoms with E-state index < -0.39 is 5.97 Å². The third-order valence-corrected chi connectivity index (χ3v) is 3.50. The fraction of sp³-hybridized carbons (Fsp3) is 0.111. The highest BCUT2D eigenvalue weighted by Crippen LogP contribution is 2.21. The highest BCUT2D eigenvalue weighted by Gasteiger charge is 2.07. The van der Waals surface area contributed by atoms with E-state index in [0.29, 0.717) is 6.54 Å². The maximum Gasteiger partial charge on any atom is 0.335 e. The van der Waals surface area contributed by atoms with E-state index in [0.717, 1.165) is 22.7 Å². The third-order valence-electron chi connectivity index (χ3n) is 3.50. The van der Waals surface area contributed by atoms with Gasteiger partial charge in [-0.15, -0.1) is 0 Å². The molecule has 116 valence electrons. The minimum absolute atomic E-state index is 0.263. The number of hydrogen-bond donors (Lipinski definition) is 2. The van der Waals surface area contributed by atoms with E-state index in [1.165, 1.54) is 5.56 Å². The molecule has 0 atom stereocenters. The van der Waals surface area contributed by atoms with Crippen LogP contribution < -0.4 is 5.32 Å². The van der Waals surface area contributed by atoms with Crippen LogP contribution in [0.3, 0.4) is 0 Å². The van der Waals surface area contributed by atoms with Gasteiger partial charge in [-0.3, -0.25) is 0 Å². The molecule has 1 aromatic heterocycles. The molecule has 2 aromatic carbocycles. The zero-order chi connectivity index (χ0) is 16.2. The lowest BCUT2D eigenvalue weighted by molar-refractivity contribution is 0.0697. The van der Waals surface area contributed by atoms with Gasteiger partial charge < -0.3 is 14.9 Å². The summed E-state index contributed by atoms with van der Waals surface area (Å²) in [5.74, 6) is -0.209. The highest BCUT2D eigenvalue weighted by molar-refractivity contribution is 5.87. The third kappa shape index (κ3) is 3.58. The zero-order valence-electron chi connectivity index (χ0n) is 12.6. The van der Waals surface area contributed by atoms with Crippen molar-refractivity contribution in [3.05, 3.63) is 71.4 Å². The maximum absolute atomic E-state index is 10.8. The summed E-state index contributed by atoms with van der Waals surface area (Å²) in [6, 6.07) is 16.5. The summed E-state index contributed by atoms with van der Waals surface area (Å²) in [4.78, 5) is 10.8. The van der Waals surface area contributed by atoms with Gasteiger partial charge in [-0.25, -0.2) is 4.79 Å². The number of carboxylic acid groups (broad SMARTS) is 1. The van der Waals surface area contributed by atoms with Crippen molar-refractivity contribution in [2.45, 2.75) is 13.5 Å². The fourth-order valence-electron chi connectivity index (χ4n) is 2.17. The van der Waals surface area contributed by atoms with Gasteiger partial charge >= 0.3 is 5.97 Å². The van der Waals surface area contributed by atoms with Crippen LogP contribution in [0.15, 0.2) is 59.1 Å². The summed E-state index contributed by atoms with van der Waals surface area (Å²) in [7, 11) is 0. The molecule has 1 heterocycles. The van der Waals surface area contributed by atoms with E-state index in [4.69, 9.17) is 9.63 Å². The predicted molar refractivity (Wildman–Crippen MR) is 87.4 cm³/mol. The summed E-state index contributed by atoms with van der Waals surface area (Å²) >= 11 is 0. The highest BCUT2D eigenvalue weighted by atomic mass is 16.5. The maximum atomic E-state index is 10.8. The molecule has 0 unspecified atom stereocenters. The number of aromatic nitrogens is 1. The molecule has 0 bridgehead atoms. The number of benzene rings is 2. The van der Waals surface area contributed by atoms with Crippen molar-refractivity contribution in [3.8, 4) is 11.3 Å². The Bertz CT molecular complexity index is 805. The molecule has 3 aromatic rings. The van der Waals surface area contributed by atoms with Crippen LogP contribution in [0.2, 0.25) is 0 Å². The van der Waals surface area contributed by atoms with Crippen molar-refractivity contribution < 1.29 is 14.4 Å². The Morgan fingerprint density at radius 2 is 1.83 bits per heavy atom. The normalized spacial score (nSPS) is 10.5. The number of carboxylic acids is 1. The number of carbonyl (C=O) groups is 1. The quantitative estimate of drug-likeness (QED) is 0.746. The molecule has 5 nitrogen and oxygen atoms in total. The molecule has 23 heavy (non-hydrogen) atoms. The van der Waals surface area contributed by atoms with E-state index in [9.17, 15) is 4.79 Å². The van der Waals surface area contributed by atoms with Crippen molar-refractivity contribution in [2.75, 3.05) is 5.32 Å². The molecule has 0 aliphatic carbocycles. The lowest BCUT2D eigenvalue weighted by atomic mass is 10.1. The Morgan fingerprint density at radius 1 is 1.13 bits per heavy atom. The molecule has 0 saturated heterocycles. The van der Waals surface area contributed by atoms with Crippen LogP contribution in [0.1, 0.15) is 21.6 Å². The number of nitrogens with zero attached hydrogens (tertiary/aromatic N) is 1. The first kappa shape index (κ1) is 14.8. The minimum atomic E-state index is -0.934. The van der Waals surface area contributed by atoms with Crippen LogP contribution in [0, 0.1) is 6.92 Å². The summed E-state index contributed by atoms with van der Waals surface area (Å²) in [5.41, 5.74) is 4.05. The van der Waals surface area contributed by atoms with Crippen LogP contribution >= 0.6 is 0 Å². The number of nitrogens with one attached hydrogen (secondary N) is 1. The Hall–Kier alpha value is -3.08. The monoisotopic (exact) mass is 308 g/mol. The van der Waals surface area contributed by atoms with Gasteiger partial charge in [0.1, 0.15) is 5.69 Å². The first-order valence-electron chi connectivity index (χ1n) is 7.22. The molecule has 0 fully saturated rings. The van der Waals surface area contributed by atoms with E-state index in [1.807, 2.05) is 37.3 Å². The summed E-state index contributed by atoms with van der Waals surface area (Å²) in [6.07, 6.45) is 0. The van der Waals surface area contributed by atoms with Gasteiger partial charge in [0.15, 0.2) is 5.76 Å². The smallest absolute Gasteiger partial charge is 0.335 e. The largest absolute Gasteiger partial charge is 0.478 e. The molecule has 0 saturated carbocycles. The second kappa shape index (κ2) is 6.36. The van der Waals surface area contributed by atoms with Crippen molar-refractivity contribution in [3.63, 3.8) is 0 Å². The molecule has 0 aliphatic heterocycles. The van der Waals surface area contributed by atoms with Gasteiger partial charge in [0.2, 0.25) is 0 Å². The second-order valence-corrected chi connectivity index (χ2v) is 5.28. The van der Waals surface area contributed by atoms with Crippen LogP contribution in [-0.4, -0.2) is 16.2 Å². The van der Waals surface area contributed by atoms with E-state index in [1.54, 1.807) is 24.3 Å². The molecule has 2 N–H and O–H groups in total. The standard InChI is InChI=1S/C18H16N2O3/c1-12-2-4-13(5-3-12)17-10-16(20-23-17)11-19-15-8-6-14(7-9-15)18(21)22/h2-10,19H,11H2,1H3,(H,21,22). The molecular formula is C18H16N2O3. The Kier molecular flexibility index (Phi) is 4.10. The second-order valence-electron chi connectivity index (χ2n) is 5.28. The number of rotatable bonds is 5. The fourth-order valence-corrected chi connectivity index (χ4v) is 2.17. The summed E-state index contributed by atoms with van der Waals surface area (Å²) in [5, 5.41) is 16.1. The Labute approximate surface area is 133 Å². The van der Waals surface area contributed by atoms with E-state index in [2.05, 4.69) is 10.5 Å². The van der Waals surface area contributed by atoms with Crippen LogP contribution in [-0.2, 0) is 6.54 Å². The van der Waals surface area contributed by atoms with E-state index in [-0.39, 0.29) is 5.56 Å². The lowest BCUT2D eigenvalue weighted by Gasteiger charge is -2.03. The Morgan fingerprint density at radius 3 is 2.48 bits per heavy atom. The first-order valence-corrected chi connectivity index (χ1v) is 7.22. The number of hydrogen-bond acceptors (Lipinski definition) is 4. The first-order chi connectivity index (χ1) is 11.1. The van der Waals surface area contributed by atoms with Gasteiger partial charge in [-0.1, -0.05) is 35.0 Å². The zero-order valence-corrected chi connectivity index (χ0v) is 12.6. The van der Waals surface area contributed by atoms with E-state index >= 15 is 0 Å². The van der Waals surface area contributed by atoms with Gasteiger partial charge in [0.05, 0.1) is 12.1 Å². The van der Waals surface area contributed by atoms with Gasteiger partial charge in [0.25, 0.3) is 0 Å². The molecule has 0 radical (unpaired) electrons. The average Bonchev–Trinajstić information content (AvgIpc) is 3.03.